The molecule has 0 heterocycles. The van der Waals surface area contributed by atoms with Crippen LogP contribution in [-0.4, -0.2) is 42.1 Å². The maximum Gasteiger partial charge on any atom is 0.165 e. The van der Waals surface area contributed by atoms with Gasteiger partial charge in [-0.25, -0.2) is 0 Å². The minimum atomic E-state index is -0.613. The molecule has 0 fully saturated rings. The molecule has 0 amide bonds. The Bertz CT molecular complexity index is 420. The molecule has 1 aromatic carbocycles. The summed E-state index contributed by atoms with van der Waals surface area (Å²) in [4.78, 5) is 0. The second kappa shape index (κ2) is 8.45. The van der Waals surface area contributed by atoms with Crippen molar-refractivity contribution >= 4 is 0 Å². The number of aliphatic hydroxyl groups is 1. The van der Waals surface area contributed by atoms with E-state index < -0.39 is 6.10 Å². The van der Waals surface area contributed by atoms with Crippen LogP contribution in [0.5, 0.6) is 17.2 Å². The first kappa shape index (κ1) is 16.3. The van der Waals surface area contributed by atoms with Gasteiger partial charge in [0.25, 0.3) is 0 Å². The van der Waals surface area contributed by atoms with Crippen LogP contribution >= 0.6 is 0 Å². The molecular weight excluding hydrogens is 258 g/mol. The zero-order chi connectivity index (χ0) is 15.0. The molecule has 0 aromatic heterocycles. The van der Waals surface area contributed by atoms with Crippen LogP contribution in [0.15, 0.2) is 30.9 Å². The highest BCUT2D eigenvalue weighted by Gasteiger charge is 2.10. The fraction of sp³-hybridized carbons (Fsp3) is 0.467. The zero-order valence-electron chi connectivity index (χ0n) is 12.0. The summed E-state index contributed by atoms with van der Waals surface area (Å²) in [6.45, 7) is 8.51. The van der Waals surface area contributed by atoms with E-state index in [2.05, 4.69) is 11.9 Å². The van der Waals surface area contributed by atoms with Gasteiger partial charge in [0.15, 0.2) is 11.5 Å². The molecule has 1 aromatic rings. The molecule has 5 heteroatoms. The van der Waals surface area contributed by atoms with E-state index in [4.69, 9.17) is 9.47 Å². The molecule has 1 atom stereocenters. The number of aromatic hydroxyl groups is 1. The molecule has 0 saturated heterocycles. The lowest BCUT2D eigenvalue weighted by molar-refractivity contribution is 0.102. The van der Waals surface area contributed by atoms with E-state index in [0.717, 1.165) is 0 Å². The Morgan fingerprint density at radius 2 is 2.05 bits per heavy atom. The van der Waals surface area contributed by atoms with Crippen LogP contribution < -0.4 is 14.8 Å². The summed E-state index contributed by atoms with van der Waals surface area (Å²) >= 11 is 0. The predicted octanol–water partition coefficient (Wildman–Crippen LogP) is 1.69. The molecule has 0 aliphatic heterocycles. The number of hydrogen-bond donors (Lipinski definition) is 3. The number of benzene rings is 1. The highest BCUT2D eigenvalue weighted by Crippen LogP contribution is 2.31. The number of ether oxygens (including phenoxy) is 2. The van der Waals surface area contributed by atoms with Gasteiger partial charge in [0, 0.05) is 18.7 Å². The molecule has 0 aliphatic rings. The number of phenolic OH excluding ortho intramolecular Hbond substituents is 1. The quantitative estimate of drug-likeness (QED) is 0.601. The van der Waals surface area contributed by atoms with E-state index in [1.54, 1.807) is 12.1 Å². The van der Waals surface area contributed by atoms with E-state index in [-0.39, 0.29) is 12.4 Å². The molecule has 0 unspecified atom stereocenters. The Morgan fingerprint density at radius 1 is 1.30 bits per heavy atom. The third kappa shape index (κ3) is 5.95. The summed E-state index contributed by atoms with van der Waals surface area (Å²) in [5, 5.41) is 22.4. The van der Waals surface area contributed by atoms with Crippen molar-refractivity contribution in [2.75, 3.05) is 19.8 Å². The van der Waals surface area contributed by atoms with Gasteiger partial charge in [-0.05, 0) is 12.1 Å². The third-order valence-electron chi connectivity index (χ3n) is 2.48. The second-order valence-corrected chi connectivity index (χ2v) is 4.76. The van der Waals surface area contributed by atoms with E-state index in [1.165, 1.54) is 12.1 Å². The van der Waals surface area contributed by atoms with Crippen molar-refractivity contribution in [2.24, 2.45) is 0 Å². The number of rotatable bonds is 9. The van der Waals surface area contributed by atoms with E-state index in [9.17, 15) is 10.2 Å². The van der Waals surface area contributed by atoms with Crippen LogP contribution in [0.3, 0.4) is 0 Å². The fourth-order valence-corrected chi connectivity index (χ4v) is 1.49. The van der Waals surface area contributed by atoms with Crippen molar-refractivity contribution in [1.82, 2.24) is 5.32 Å². The second-order valence-electron chi connectivity index (χ2n) is 4.76. The standard InChI is InChI=1S/C15H23NO4/c1-4-7-19-15-8-12(17)5-6-14(15)20-10-13(18)9-16-11(2)3/h4-6,8,11,13,16-18H,1,7,9-10H2,2-3H3/t13-/m0/s1. The fourth-order valence-electron chi connectivity index (χ4n) is 1.49. The van der Waals surface area contributed by atoms with E-state index in [1.807, 2.05) is 13.8 Å². The minimum Gasteiger partial charge on any atom is -0.508 e. The number of nitrogens with one attached hydrogen (secondary N) is 1. The van der Waals surface area contributed by atoms with Crippen molar-refractivity contribution in [3.8, 4) is 17.2 Å². The van der Waals surface area contributed by atoms with Gasteiger partial charge in [-0.15, -0.1) is 0 Å². The summed E-state index contributed by atoms with van der Waals surface area (Å²) in [6, 6.07) is 4.90. The zero-order valence-corrected chi connectivity index (χ0v) is 12.0. The molecule has 0 bridgehead atoms. The average molecular weight is 281 g/mol. The summed E-state index contributed by atoms with van der Waals surface area (Å²) in [7, 11) is 0. The smallest absolute Gasteiger partial charge is 0.165 e. The first-order valence-electron chi connectivity index (χ1n) is 6.64. The highest BCUT2D eigenvalue weighted by atomic mass is 16.5. The van der Waals surface area contributed by atoms with Gasteiger partial charge in [0.2, 0.25) is 0 Å². The summed E-state index contributed by atoms with van der Waals surface area (Å²) < 4.78 is 10.9. The first-order chi connectivity index (χ1) is 9.52. The molecule has 112 valence electrons. The molecule has 3 N–H and O–H groups in total. The van der Waals surface area contributed by atoms with Crippen molar-refractivity contribution in [2.45, 2.75) is 26.0 Å². The molecular formula is C15H23NO4. The molecule has 20 heavy (non-hydrogen) atoms. The Kier molecular flexibility index (Phi) is 6.90. The SMILES string of the molecule is C=CCOc1cc(O)ccc1OC[C@@H](O)CNC(C)C. The lowest BCUT2D eigenvalue weighted by atomic mass is 10.3. The Hall–Kier alpha value is -1.72. The molecule has 5 nitrogen and oxygen atoms in total. The molecule has 0 radical (unpaired) electrons. The summed E-state index contributed by atoms with van der Waals surface area (Å²) in [5.74, 6) is 1.00. The third-order valence-corrected chi connectivity index (χ3v) is 2.48. The summed E-state index contributed by atoms with van der Waals surface area (Å²) in [5.41, 5.74) is 0. The van der Waals surface area contributed by atoms with Gasteiger partial charge in [-0.3, -0.25) is 0 Å². The molecule has 0 saturated carbocycles. The van der Waals surface area contributed by atoms with Crippen molar-refractivity contribution < 1.29 is 19.7 Å². The number of aliphatic hydroxyl groups excluding tert-OH is 1. The number of hydrogen-bond acceptors (Lipinski definition) is 5. The van der Waals surface area contributed by atoms with Gasteiger partial charge in [0.1, 0.15) is 25.1 Å². The van der Waals surface area contributed by atoms with E-state index in [0.29, 0.717) is 30.7 Å². The van der Waals surface area contributed by atoms with Gasteiger partial charge in [-0.2, -0.15) is 0 Å². The topological polar surface area (TPSA) is 71.0 Å². The average Bonchev–Trinajstić information content (AvgIpc) is 2.41. The first-order valence-corrected chi connectivity index (χ1v) is 6.64. The van der Waals surface area contributed by atoms with Crippen molar-refractivity contribution in [3.63, 3.8) is 0 Å². The molecule has 1 rings (SSSR count). The molecule has 0 aliphatic carbocycles. The predicted molar refractivity (Wildman–Crippen MR) is 78.4 cm³/mol. The van der Waals surface area contributed by atoms with Crippen LogP contribution in [0.25, 0.3) is 0 Å². The Balaban J connectivity index is 2.55. The van der Waals surface area contributed by atoms with Gasteiger partial charge >= 0.3 is 0 Å². The number of phenols is 1. The van der Waals surface area contributed by atoms with Crippen molar-refractivity contribution in [1.29, 1.82) is 0 Å². The van der Waals surface area contributed by atoms with Crippen LogP contribution in [0.1, 0.15) is 13.8 Å². The van der Waals surface area contributed by atoms with Gasteiger partial charge in [0.05, 0.1) is 0 Å². The van der Waals surface area contributed by atoms with Gasteiger partial charge in [-0.1, -0.05) is 26.5 Å². The summed E-state index contributed by atoms with van der Waals surface area (Å²) in [6.07, 6.45) is 0.994. The van der Waals surface area contributed by atoms with Crippen LogP contribution in [0, 0.1) is 0 Å². The maximum absolute atomic E-state index is 9.79. The van der Waals surface area contributed by atoms with Crippen molar-refractivity contribution in [3.05, 3.63) is 30.9 Å². The minimum absolute atomic E-state index is 0.0958. The monoisotopic (exact) mass is 281 g/mol. The van der Waals surface area contributed by atoms with Crippen LogP contribution in [0.2, 0.25) is 0 Å². The lowest BCUT2D eigenvalue weighted by Gasteiger charge is -2.16. The lowest BCUT2D eigenvalue weighted by Crippen LogP contribution is -2.35. The normalized spacial score (nSPS) is 12.2. The Morgan fingerprint density at radius 3 is 2.70 bits per heavy atom. The van der Waals surface area contributed by atoms with Crippen LogP contribution in [0.4, 0.5) is 0 Å². The highest BCUT2D eigenvalue weighted by molar-refractivity contribution is 5.45. The largest absolute Gasteiger partial charge is 0.508 e. The Labute approximate surface area is 119 Å². The van der Waals surface area contributed by atoms with E-state index >= 15 is 0 Å². The van der Waals surface area contributed by atoms with Gasteiger partial charge < -0.3 is 25.0 Å². The molecule has 0 spiro atoms. The van der Waals surface area contributed by atoms with Crippen LogP contribution in [-0.2, 0) is 0 Å². The maximum atomic E-state index is 9.79.